The van der Waals surface area contributed by atoms with E-state index < -0.39 is 11.5 Å². The molecule has 0 saturated heterocycles. The number of unbranched alkanes of at least 4 members (excludes halogenated alkanes) is 7. The number of aliphatic hydroxyl groups is 1. The van der Waals surface area contributed by atoms with E-state index in [1.807, 2.05) is 25.3 Å². The lowest BCUT2D eigenvalue weighted by atomic mass is 9.94. The minimum atomic E-state index is -1.30. The molecular formula is C31H49FN2O3. The number of carbonyl (C=O) groups is 1. The van der Waals surface area contributed by atoms with Crippen molar-refractivity contribution >= 4 is 5.78 Å². The van der Waals surface area contributed by atoms with Gasteiger partial charge in [0.2, 0.25) is 0 Å². The fourth-order valence-corrected chi connectivity index (χ4v) is 4.23. The van der Waals surface area contributed by atoms with Crippen LogP contribution in [0.3, 0.4) is 0 Å². The van der Waals surface area contributed by atoms with Gasteiger partial charge in [-0.1, -0.05) is 76.2 Å². The van der Waals surface area contributed by atoms with Crippen molar-refractivity contribution in [2.24, 2.45) is 0 Å². The van der Waals surface area contributed by atoms with Crippen molar-refractivity contribution in [3.63, 3.8) is 0 Å². The maximum Gasteiger partial charge on any atom is 0.167 e. The Balaban J connectivity index is 2.67. The summed E-state index contributed by atoms with van der Waals surface area (Å²) in [6.07, 6.45) is 16.9. The van der Waals surface area contributed by atoms with Crippen LogP contribution in [0, 0.1) is 5.82 Å². The molecule has 0 aliphatic rings. The van der Waals surface area contributed by atoms with Gasteiger partial charge in [0.25, 0.3) is 0 Å². The molecule has 0 saturated carbocycles. The summed E-state index contributed by atoms with van der Waals surface area (Å²) in [6.45, 7) is 11.9. The second-order valence-electron chi connectivity index (χ2n) is 9.91. The van der Waals surface area contributed by atoms with Crippen LogP contribution in [0.1, 0.15) is 81.5 Å². The molecular weight excluding hydrogens is 467 g/mol. The summed E-state index contributed by atoms with van der Waals surface area (Å²) in [7, 11) is 3.77. The number of ketones is 1. The highest BCUT2D eigenvalue weighted by atomic mass is 19.1. The number of rotatable bonds is 22. The zero-order chi connectivity index (χ0) is 27.5. The SMILES string of the molecule is C=CCN(C)CC=CCOc1ccc(C(=O)CC(O)(CCCCCCCCCC)N(C)CC=C)cc1F. The lowest BCUT2D eigenvalue weighted by molar-refractivity contribution is -0.0959. The number of hydrogen-bond acceptors (Lipinski definition) is 5. The van der Waals surface area contributed by atoms with Crippen LogP contribution < -0.4 is 4.74 Å². The Bertz CT molecular complexity index is 842. The van der Waals surface area contributed by atoms with E-state index in [9.17, 15) is 14.3 Å². The molecule has 1 aromatic rings. The summed E-state index contributed by atoms with van der Waals surface area (Å²) in [6, 6.07) is 4.24. The molecule has 0 spiro atoms. The third kappa shape index (κ3) is 13.2. The van der Waals surface area contributed by atoms with Crippen molar-refractivity contribution in [3.05, 3.63) is 67.0 Å². The van der Waals surface area contributed by atoms with E-state index in [1.165, 1.54) is 44.2 Å². The Morgan fingerprint density at radius 1 is 1.00 bits per heavy atom. The van der Waals surface area contributed by atoms with Gasteiger partial charge in [-0.3, -0.25) is 14.6 Å². The molecule has 0 amide bonds. The standard InChI is InChI=1S/C31H49FN2O3/c1-6-9-10-11-12-13-14-15-20-31(36,34(5)22-8-3)26-29(35)27-18-19-30(28(32)25-27)37-24-17-16-23-33(4)21-7-2/h7-8,16-19,25,36H,2-3,6,9-15,20-24,26H2,1,4-5H3. The normalized spacial score (nSPS) is 13.3. The number of hydrogen-bond donors (Lipinski definition) is 1. The van der Waals surface area contributed by atoms with Gasteiger partial charge in [0.1, 0.15) is 12.3 Å². The smallest absolute Gasteiger partial charge is 0.167 e. The van der Waals surface area contributed by atoms with Crippen LogP contribution in [0.25, 0.3) is 0 Å². The molecule has 0 aliphatic heterocycles. The fraction of sp³-hybridized carbons (Fsp3) is 0.581. The Hall–Kier alpha value is -2.28. The van der Waals surface area contributed by atoms with Crippen molar-refractivity contribution in [1.82, 2.24) is 9.80 Å². The number of ether oxygens (including phenoxy) is 1. The van der Waals surface area contributed by atoms with Crippen molar-refractivity contribution in [2.45, 2.75) is 76.9 Å². The summed E-state index contributed by atoms with van der Waals surface area (Å²) in [5, 5.41) is 11.4. The van der Waals surface area contributed by atoms with Crippen molar-refractivity contribution in [3.8, 4) is 5.75 Å². The van der Waals surface area contributed by atoms with E-state index in [2.05, 4.69) is 25.0 Å². The quantitative estimate of drug-likeness (QED) is 0.0796. The van der Waals surface area contributed by atoms with Crippen LogP contribution in [0.15, 0.2) is 55.7 Å². The predicted molar refractivity (Wildman–Crippen MR) is 153 cm³/mol. The number of halogens is 1. The summed E-state index contributed by atoms with van der Waals surface area (Å²) in [5.41, 5.74) is -1.07. The Kier molecular flexibility index (Phi) is 16.7. The van der Waals surface area contributed by atoms with Crippen LogP contribution in [0.4, 0.5) is 4.39 Å². The van der Waals surface area contributed by atoms with Crippen LogP contribution in [-0.2, 0) is 0 Å². The van der Waals surface area contributed by atoms with E-state index in [0.717, 1.165) is 32.4 Å². The first kappa shape index (κ1) is 32.7. The highest BCUT2D eigenvalue weighted by Crippen LogP contribution is 2.27. The molecule has 5 nitrogen and oxygen atoms in total. The molecule has 208 valence electrons. The maximum atomic E-state index is 14.7. The molecule has 0 bridgehead atoms. The molecule has 0 heterocycles. The summed E-state index contributed by atoms with van der Waals surface area (Å²) in [5.74, 6) is -0.790. The molecule has 1 rings (SSSR count). The first-order valence-corrected chi connectivity index (χ1v) is 13.7. The van der Waals surface area contributed by atoms with E-state index in [4.69, 9.17) is 4.74 Å². The first-order valence-electron chi connectivity index (χ1n) is 13.7. The molecule has 1 unspecified atom stereocenters. The largest absolute Gasteiger partial charge is 0.486 e. The van der Waals surface area contributed by atoms with Crippen molar-refractivity contribution in [1.29, 1.82) is 0 Å². The van der Waals surface area contributed by atoms with Gasteiger partial charge >= 0.3 is 0 Å². The van der Waals surface area contributed by atoms with E-state index in [0.29, 0.717) is 13.0 Å². The minimum absolute atomic E-state index is 0.0959. The molecule has 0 aromatic heterocycles. The lowest BCUT2D eigenvalue weighted by Crippen LogP contribution is -2.48. The van der Waals surface area contributed by atoms with Gasteiger partial charge in [0.15, 0.2) is 17.3 Å². The van der Waals surface area contributed by atoms with Crippen LogP contribution in [0.5, 0.6) is 5.75 Å². The van der Waals surface area contributed by atoms with Crippen LogP contribution in [-0.4, -0.2) is 66.8 Å². The number of nitrogens with zero attached hydrogens (tertiary/aromatic N) is 2. The van der Waals surface area contributed by atoms with Gasteiger partial charge in [-0.2, -0.15) is 0 Å². The summed E-state index contributed by atoms with van der Waals surface area (Å²) >= 11 is 0. The Morgan fingerprint density at radius 3 is 2.27 bits per heavy atom. The zero-order valence-electron chi connectivity index (χ0n) is 23.4. The van der Waals surface area contributed by atoms with Crippen molar-refractivity contribution < 1.29 is 19.0 Å². The Labute approximate surface area is 224 Å². The van der Waals surface area contributed by atoms with Crippen LogP contribution >= 0.6 is 0 Å². The van der Waals surface area contributed by atoms with E-state index >= 15 is 0 Å². The lowest BCUT2D eigenvalue weighted by Gasteiger charge is -2.36. The van der Waals surface area contributed by atoms with Gasteiger partial charge in [-0.05, 0) is 45.1 Å². The fourth-order valence-electron chi connectivity index (χ4n) is 4.23. The van der Waals surface area contributed by atoms with Crippen molar-refractivity contribution in [2.75, 3.05) is 40.3 Å². The van der Waals surface area contributed by atoms with Gasteiger partial charge in [-0.15, -0.1) is 13.2 Å². The maximum absolute atomic E-state index is 14.7. The molecule has 1 N–H and O–H groups in total. The van der Waals surface area contributed by atoms with E-state index in [-0.39, 0.29) is 30.1 Å². The summed E-state index contributed by atoms with van der Waals surface area (Å²) < 4.78 is 20.2. The van der Waals surface area contributed by atoms with Gasteiger partial charge in [-0.25, -0.2) is 4.39 Å². The molecule has 6 heteroatoms. The first-order chi connectivity index (χ1) is 17.8. The molecule has 0 radical (unpaired) electrons. The molecule has 0 aliphatic carbocycles. The minimum Gasteiger partial charge on any atom is -0.486 e. The van der Waals surface area contributed by atoms with Gasteiger partial charge < -0.3 is 9.84 Å². The number of Topliss-reactive ketones (excluding diaryl/α,β-unsaturated/α-hetero) is 1. The van der Waals surface area contributed by atoms with E-state index in [1.54, 1.807) is 24.1 Å². The highest BCUT2D eigenvalue weighted by Gasteiger charge is 2.34. The number of carbonyl (C=O) groups excluding carboxylic acids is 1. The monoisotopic (exact) mass is 516 g/mol. The predicted octanol–water partition coefficient (Wildman–Crippen LogP) is 6.79. The third-order valence-electron chi connectivity index (χ3n) is 6.60. The van der Waals surface area contributed by atoms with Crippen LogP contribution in [0.2, 0.25) is 0 Å². The average Bonchev–Trinajstić information content (AvgIpc) is 2.86. The van der Waals surface area contributed by atoms with Gasteiger partial charge in [0, 0.05) is 25.2 Å². The third-order valence-corrected chi connectivity index (χ3v) is 6.60. The number of likely N-dealkylation sites (N-methyl/N-ethyl adjacent to an activating group) is 2. The summed E-state index contributed by atoms with van der Waals surface area (Å²) in [4.78, 5) is 16.9. The Morgan fingerprint density at radius 2 is 1.65 bits per heavy atom. The second-order valence-corrected chi connectivity index (χ2v) is 9.91. The average molecular weight is 517 g/mol. The number of benzene rings is 1. The molecule has 37 heavy (non-hydrogen) atoms. The highest BCUT2D eigenvalue weighted by molar-refractivity contribution is 5.96. The molecule has 1 aromatic carbocycles. The second kappa shape index (κ2) is 18.9. The van der Waals surface area contributed by atoms with Gasteiger partial charge in [0.05, 0.1) is 6.42 Å². The molecule has 1 atom stereocenters. The zero-order valence-corrected chi connectivity index (χ0v) is 23.4. The topological polar surface area (TPSA) is 53.0 Å². The molecule has 0 fully saturated rings.